The molecule has 0 heterocycles. The van der Waals surface area contributed by atoms with Gasteiger partial charge in [0.1, 0.15) is 5.75 Å². The Bertz CT molecular complexity index is 492. The van der Waals surface area contributed by atoms with E-state index in [1.54, 1.807) is 0 Å². The van der Waals surface area contributed by atoms with Crippen molar-refractivity contribution in [3.05, 3.63) is 24.3 Å². The number of carbonyl (C=O) groups excluding carboxylic acids is 1. The van der Waals surface area contributed by atoms with E-state index in [1.165, 1.54) is 12.1 Å². The molecule has 0 fully saturated rings. The molecule has 0 aliphatic carbocycles. The van der Waals surface area contributed by atoms with Gasteiger partial charge < -0.3 is 20.5 Å². The number of rotatable bonds is 8. The first-order valence-electron chi connectivity index (χ1n) is 7.22. The summed E-state index contributed by atoms with van der Waals surface area (Å²) in [4.78, 5) is 11.9. The molecule has 0 bridgehead atoms. The van der Waals surface area contributed by atoms with Gasteiger partial charge in [-0.2, -0.15) is 0 Å². The van der Waals surface area contributed by atoms with Gasteiger partial charge in [0.25, 0.3) is 0 Å². The Morgan fingerprint density at radius 3 is 2.35 bits per heavy atom. The molecule has 2 atom stereocenters. The Hall–Kier alpha value is -1.80. The average Bonchev–Trinajstić information content (AvgIpc) is 2.39. The Kier molecular flexibility index (Phi) is 7.31. The molecular weight excluding hydrogens is 313 g/mol. The van der Waals surface area contributed by atoms with E-state index >= 15 is 0 Å². The van der Waals surface area contributed by atoms with E-state index in [0.717, 1.165) is 12.1 Å². The van der Waals surface area contributed by atoms with Gasteiger partial charge in [-0.25, -0.2) is 0 Å². The van der Waals surface area contributed by atoms with Crippen molar-refractivity contribution >= 4 is 11.6 Å². The first kappa shape index (κ1) is 19.2. The van der Waals surface area contributed by atoms with E-state index in [9.17, 15) is 18.0 Å². The zero-order valence-electron chi connectivity index (χ0n) is 13.0. The number of anilines is 1. The Morgan fingerprint density at radius 2 is 1.83 bits per heavy atom. The summed E-state index contributed by atoms with van der Waals surface area (Å²) >= 11 is 0. The van der Waals surface area contributed by atoms with Crippen molar-refractivity contribution in [2.24, 2.45) is 0 Å². The molecule has 0 aromatic heterocycles. The highest BCUT2D eigenvalue weighted by molar-refractivity contribution is 5.91. The minimum absolute atomic E-state index is 0.0689. The van der Waals surface area contributed by atoms with Gasteiger partial charge in [0.05, 0.1) is 0 Å². The summed E-state index contributed by atoms with van der Waals surface area (Å²) in [5.74, 6) is -0.603. The standard InChI is InChI=1S/C15H21F3N2O3/c1-10(7-8-21)19-11(2)9-14(22)20-12-3-5-13(6-4-12)23-15(16,17)18/h3-6,10-11,19,21H,7-9H2,1-2H3,(H,20,22)/t10-,11?/m1/s1. The summed E-state index contributed by atoms with van der Waals surface area (Å²) in [5, 5.41) is 14.6. The predicted octanol–water partition coefficient (Wildman–Crippen LogP) is 2.66. The number of carbonyl (C=O) groups is 1. The van der Waals surface area contributed by atoms with Crippen molar-refractivity contribution in [3.63, 3.8) is 0 Å². The number of hydrogen-bond acceptors (Lipinski definition) is 4. The monoisotopic (exact) mass is 334 g/mol. The molecule has 1 aromatic carbocycles. The Balaban J connectivity index is 2.45. The van der Waals surface area contributed by atoms with Gasteiger partial charge in [-0.05, 0) is 44.5 Å². The zero-order valence-corrected chi connectivity index (χ0v) is 13.0. The van der Waals surface area contributed by atoms with E-state index in [-0.39, 0.29) is 36.8 Å². The van der Waals surface area contributed by atoms with Crippen molar-refractivity contribution in [1.29, 1.82) is 0 Å². The van der Waals surface area contributed by atoms with Crippen LogP contribution >= 0.6 is 0 Å². The van der Waals surface area contributed by atoms with E-state index in [1.807, 2.05) is 13.8 Å². The van der Waals surface area contributed by atoms with Gasteiger partial charge in [-0.3, -0.25) is 4.79 Å². The molecule has 0 radical (unpaired) electrons. The third-order valence-corrected chi connectivity index (χ3v) is 2.99. The fourth-order valence-electron chi connectivity index (χ4n) is 2.05. The largest absolute Gasteiger partial charge is 0.573 e. The highest BCUT2D eigenvalue weighted by Crippen LogP contribution is 2.23. The molecule has 23 heavy (non-hydrogen) atoms. The van der Waals surface area contributed by atoms with Crippen LogP contribution in [0, 0.1) is 0 Å². The topological polar surface area (TPSA) is 70.6 Å². The molecule has 8 heteroatoms. The SMILES string of the molecule is CC(CC(=O)Nc1ccc(OC(F)(F)F)cc1)N[C@H](C)CCO. The number of halogens is 3. The second-order valence-electron chi connectivity index (χ2n) is 5.31. The van der Waals surface area contributed by atoms with Crippen LogP contribution in [0.5, 0.6) is 5.75 Å². The maximum Gasteiger partial charge on any atom is 0.573 e. The lowest BCUT2D eigenvalue weighted by Gasteiger charge is -2.19. The zero-order chi connectivity index (χ0) is 17.5. The Labute approximate surface area is 132 Å². The quantitative estimate of drug-likeness (QED) is 0.684. The lowest BCUT2D eigenvalue weighted by Crippen LogP contribution is -2.37. The number of amides is 1. The van der Waals surface area contributed by atoms with Gasteiger partial charge in [-0.1, -0.05) is 0 Å². The third kappa shape index (κ3) is 8.41. The lowest BCUT2D eigenvalue weighted by atomic mass is 10.1. The van der Waals surface area contributed by atoms with E-state index in [2.05, 4.69) is 15.4 Å². The predicted molar refractivity (Wildman–Crippen MR) is 80.1 cm³/mol. The molecule has 1 rings (SSSR count). The van der Waals surface area contributed by atoms with Gasteiger partial charge in [0, 0.05) is 30.8 Å². The molecule has 0 aliphatic heterocycles. The normalized spacial score (nSPS) is 14.2. The van der Waals surface area contributed by atoms with Crippen molar-refractivity contribution < 1.29 is 27.8 Å². The third-order valence-electron chi connectivity index (χ3n) is 2.99. The van der Waals surface area contributed by atoms with E-state index in [0.29, 0.717) is 12.1 Å². The number of ether oxygens (including phenoxy) is 1. The summed E-state index contributed by atoms with van der Waals surface area (Å²) in [7, 11) is 0. The molecule has 0 spiro atoms. The van der Waals surface area contributed by atoms with Gasteiger partial charge in [0.2, 0.25) is 5.91 Å². The fraction of sp³-hybridized carbons (Fsp3) is 0.533. The number of aliphatic hydroxyl groups excluding tert-OH is 1. The van der Waals surface area contributed by atoms with Crippen LogP contribution in [0.25, 0.3) is 0 Å². The van der Waals surface area contributed by atoms with E-state index < -0.39 is 6.36 Å². The van der Waals surface area contributed by atoms with Crippen LogP contribution in [0.2, 0.25) is 0 Å². The van der Waals surface area contributed by atoms with Crippen LogP contribution < -0.4 is 15.4 Å². The van der Waals surface area contributed by atoms with Gasteiger partial charge in [0.15, 0.2) is 0 Å². The highest BCUT2D eigenvalue weighted by Gasteiger charge is 2.30. The van der Waals surface area contributed by atoms with Crippen molar-refractivity contribution in [3.8, 4) is 5.75 Å². The summed E-state index contributed by atoms with van der Waals surface area (Å²) in [6.45, 7) is 3.82. The van der Waals surface area contributed by atoms with Crippen molar-refractivity contribution in [2.45, 2.75) is 45.1 Å². The molecule has 3 N–H and O–H groups in total. The van der Waals surface area contributed by atoms with Gasteiger partial charge >= 0.3 is 6.36 Å². The highest BCUT2D eigenvalue weighted by atomic mass is 19.4. The van der Waals surface area contributed by atoms with Crippen LogP contribution in [0.3, 0.4) is 0 Å². The fourth-order valence-corrected chi connectivity index (χ4v) is 2.05. The maximum atomic E-state index is 12.0. The number of nitrogens with one attached hydrogen (secondary N) is 2. The minimum Gasteiger partial charge on any atom is -0.406 e. The molecule has 1 aromatic rings. The van der Waals surface area contributed by atoms with Crippen LogP contribution in [0.1, 0.15) is 26.7 Å². The van der Waals surface area contributed by atoms with Gasteiger partial charge in [-0.15, -0.1) is 13.2 Å². The molecule has 0 saturated heterocycles. The molecule has 1 amide bonds. The van der Waals surface area contributed by atoms with Crippen LogP contribution in [0.4, 0.5) is 18.9 Å². The number of alkyl halides is 3. The lowest BCUT2D eigenvalue weighted by molar-refractivity contribution is -0.274. The summed E-state index contributed by atoms with van der Waals surface area (Å²) in [5.41, 5.74) is 0.389. The van der Waals surface area contributed by atoms with Crippen LogP contribution in [-0.2, 0) is 4.79 Å². The first-order valence-corrected chi connectivity index (χ1v) is 7.22. The maximum absolute atomic E-state index is 12.0. The molecule has 0 saturated carbocycles. The molecule has 5 nitrogen and oxygen atoms in total. The molecule has 0 aliphatic rings. The minimum atomic E-state index is -4.74. The number of hydrogen-bond donors (Lipinski definition) is 3. The smallest absolute Gasteiger partial charge is 0.406 e. The summed E-state index contributed by atoms with van der Waals surface area (Å²) in [6.07, 6.45) is -3.94. The molecule has 130 valence electrons. The molecular formula is C15H21F3N2O3. The molecule has 1 unspecified atom stereocenters. The second kappa shape index (κ2) is 8.73. The average molecular weight is 334 g/mol. The Morgan fingerprint density at radius 1 is 1.22 bits per heavy atom. The van der Waals surface area contributed by atoms with Crippen molar-refractivity contribution in [2.75, 3.05) is 11.9 Å². The summed E-state index contributed by atoms with van der Waals surface area (Å²) < 4.78 is 39.9. The second-order valence-corrected chi connectivity index (χ2v) is 5.31. The van der Waals surface area contributed by atoms with Crippen LogP contribution in [0.15, 0.2) is 24.3 Å². The van der Waals surface area contributed by atoms with Crippen molar-refractivity contribution in [1.82, 2.24) is 5.32 Å². The first-order chi connectivity index (χ1) is 10.7. The summed E-state index contributed by atoms with van der Waals surface area (Å²) in [6, 6.07) is 4.94. The van der Waals surface area contributed by atoms with Crippen LogP contribution in [-0.4, -0.2) is 36.1 Å². The number of aliphatic hydroxyl groups is 1. The van der Waals surface area contributed by atoms with E-state index in [4.69, 9.17) is 5.11 Å². The number of benzene rings is 1.